The lowest BCUT2D eigenvalue weighted by molar-refractivity contribution is 0.523. The molecular weight excluding hydrogens is 232 g/mol. The molecule has 1 N–H and O–H groups in total. The number of rotatable bonds is 8. The highest BCUT2D eigenvalue weighted by Crippen LogP contribution is 2.25. The lowest BCUT2D eigenvalue weighted by atomic mass is 9.97. The molecule has 0 radical (unpaired) electrons. The maximum atomic E-state index is 4.15. The molecular formula is C17H28N2. The molecule has 1 atom stereocenters. The van der Waals surface area contributed by atoms with E-state index in [4.69, 9.17) is 0 Å². The first-order chi connectivity index (χ1) is 9.08. The van der Waals surface area contributed by atoms with E-state index in [1.165, 1.54) is 16.8 Å². The molecule has 2 heteroatoms. The van der Waals surface area contributed by atoms with Crippen LogP contribution >= 0.6 is 0 Å². The van der Waals surface area contributed by atoms with Gasteiger partial charge in [0.15, 0.2) is 0 Å². The number of hydrogen-bond donors (Lipinski definition) is 1. The zero-order chi connectivity index (χ0) is 14.3. The van der Waals surface area contributed by atoms with Crippen molar-refractivity contribution < 1.29 is 0 Å². The first-order valence-electron chi connectivity index (χ1n) is 7.25. The van der Waals surface area contributed by atoms with Gasteiger partial charge in [-0.05, 0) is 43.5 Å². The Morgan fingerprint density at radius 2 is 2.05 bits per heavy atom. The molecule has 0 spiro atoms. The summed E-state index contributed by atoms with van der Waals surface area (Å²) in [6, 6.07) is 9.15. The van der Waals surface area contributed by atoms with E-state index in [0.717, 1.165) is 25.8 Å². The third-order valence-corrected chi connectivity index (χ3v) is 3.42. The quantitative estimate of drug-likeness (QED) is 0.706. The van der Waals surface area contributed by atoms with E-state index in [1.807, 2.05) is 0 Å². The Labute approximate surface area is 118 Å². The summed E-state index contributed by atoms with van der Waals surface area (Å²) < 4.78 is 0. The minimum Gasteiger partial charge on any atom is -0.378 e. The SMILES string of the molecule is C=C(CC)CC(NCCC)c1cccc(N(C)C)c1. The van der Waals surface area contributed by atoms with E-state index in [0.29, 0.717) is 6.04 Å². The second kappa shape index (κ2) is 8.00. The van der Waals surface area contributed by atoms with Gasteiger partial charge < -0.3 is 10.2 Å². The van der Waals surface area contributed by atoms with Crippen LogP contribution < -0.4 is 10.2 Å². The van der Waals surface area contributed by atoms with E-state index >= 15 is 0 Å². The maximum absolute atomic E-state index is 4.15. The van der Waals surface area contributed by atoms with Gasteiger partial charge >= 0.3 is 0 Å². The largest absolute Gasteiger partial charge is 0.378 e. The number of benzene rings is 1. The second-order valence-electron chi connectivity index (χ2n) is 5.30. The van der Waals surface area contributed by atoms with Crippen molar-refractivity contribution in [2.45, 2.75) is 39.2 Å². The highest BCUT2D eigenvalue weighted by Gasteiger charge is 2.12. The summed E-state index contributed by atoms with van der Waals surface area (Å²) >= 11 is 0. The summed E-state index contributed by atoms with van der Waals surface area (Å²) in [6.07, 6.45) is 3.23. The summed E-state index contributed by atoms with van der Waals surface area (Å²) in [7, 11) is 4.16. The molecule has 0 aliphatic rings. The number of hydrogen-bond acceptors (Lipinski definition) is 2. The van der Waals surface area contributed by atoms with Crippen molar-refractivity contribution in [1.82, 2.24) is 5.32 Å². The highest BCUT2D eigenvalue weighted by molar-refractivity contribution is 5.48. The molecule has 1 aromatic rings. The molecule has 19 heavy (non-hydrogen) atoms. The standard InChI is InChI=1S/C17H28N2/c1-6-11-18-17(12-14(3)7-2)15-9-8-10-16(13-15)19(4)5/h8-10,13,17-18H,3,6-7,11-12H2,1-2,4-5H3. The molecule has 1 aromatic carbocycles. The molecule has 1 unspecified atom stereocenters. The van der Waals surface area contributed by atoms with Crippen LogP contribution in [0.15, 0.2) is 36.4 Å². The van der Waals surface area contributed by atoms with Gasteiger partial charge in [-0.2, -0.15) is 0 Å². The van der Waals surface area contributed by atoms with Gasteiger partial charge in [0, 0.05) is 25.8 Å². The predicted molar refractivity (Wildman–Crippen MR) is 85.9 cm³/mol. The third kappa shape index (κ3) is 5.07. The lowest BCUT2D eigenvalue weighted by Gasteiger charge is -2.22. The van der Waals surface area contributed by atoms with Crippen LogP contribution in [0.4, 0.5) is 5.69 Å². The maximum Gasteiger partial charge on any atom is 0.0364 e. The van der Waals surface area contributed by atoms with E-state index in [1.54, 1.807) is 0 Å². The zero-order valence-electron chi connectivity index (χ0n) is 12.9. The number of anilines is 1. The first kappa shape index (κ1) is 15.8. The van der Waals surface area contributed by atoms with E-state index < -0.39 is 0 Å². The predicted octanol–water partition coefficient (Wildman–Crippen LogP) is 4.15. The number of nitrogens with zero attached hydrogens (tertiary/aromatic N) is 1. The van der Waals surface area contributed by atoms with Gasteiger partial charge in [-0.1, -0.05) is 38.1 Å². The molecule has 0 fully saturated rings. The average Bonchev–Trinajstić information content (AvgIpc) is 2.43. The van der Waals surface area contributed by atoms with E-state index in [2.05, 4.69) is 69.0 Å². The van der Waals surface area contributed by atoms with Crippen LogP contribution in [-0.2, 0) is 0 Å². The molecule has 1 rings (SSSR count). The Balaban J connectivity index is 2.88. The fraction of sp³-hybridized carbons (Fsp3) is 0.529. The van der Waals surface area contributed by atoms with Crippen molar-refractivity contribution in [2.24, 2.45) is 0 Å². The van der Waals surface area contributed by atoms with Crippen molar-refractivity contribution in [2.75, 3.05) is 25.5 Å². The molecule has 0 saturated carbocycles. The van der Waals surface area contributed by atoms with Crippen LogP contribution in [0.3, 0.4) is 0 Å². The van der Waals surface area contributed by atoms with Crippen molar-refractivity contribution in [3.63, 3.8) is 0 Å². The van der Waals surface area contributed by atoms with Gasteiger partial charge in [-0.3, -0.25) is 0 Å². The molecule has 2 nitrogen and oxygen atoms in total. The van der Waals surface area contributed by atoms with Crippen LogP contribution in [0.1, 0.15) is 44.7 Å². The second-order valence-corrected chi connectivity index (χ2v) is 5.30. The van der Waals surface area contributed by atoms with Gasteiger partial charge in [0.05, 0.1) is 0 Å². The Morgan fingerprint density at radius 1 is 1.32 bits per heavy atom. The van der Waals surface area contributed by atoms with Crippen molar-refractivity contribution in [3.05, 3.63) is 42.0 Å². The average molecular weight is 260 g/mol. The summed E-state index contributed by atoms with van der Waals surface area (Å²) in [6.45, 7) is 9.58. The fourth-order valence-electron chi connectivity index (χ4n) is 2.08. The molecule has 0 aromatic heterocycles. The lowest BCUT2D eigenvalue weighted by Crippen LogP contribution is -2.23. The molecule has 0 saturated heterocycles. The normalized spacial score (nSPS) is 12.2. The number of nitrogens with one attached hydrogen (secondary N) is 1. The Morgan fingerprint density at radius 3 is 2.63 bits per heavy atom. The Kier molecular flexibility index (Phi) is 6.65. The Hall–Kier alpha value is -1.28. The molecule has 0 bridgehead atoms. The molecule has 0 aliphatic heterocycles. The zero-order valence-corrected chi connectivity index (χ0v) is 12.9. The van der Waals surface area contributed by atoms with Crippen molar-refractivity contribution in [1.29, 1.82) is 0 Å². The van der Waals surface area contributed by atoms with Crippen molar-refractivity contribution in [3.8, 4) is 0 Å². The topological polar surface area (TPSA) is 15.3 Å². The van der Waals surface area contributed by atoms with Crippen LogP contribution in [0, 0.1) is 0 Å². The van der Waals surface area contributed by atoms with Crippen LogP contribution in [-0.4, -0.2) is 20.6 Å². The van der Waals surface area contributed by atoms with Crippen molar-refractivity contribution >= 4 is 5.69 Å². The molecule has 0 heterocycles. The smallest absolute Gasteiger partial charge is 0.0364 e. The van der Waals surface area contributed by atoms with E-state index in [9.17, 15) is 0 Å². The summed E-state index contributed by atoms with van der Waals surface area (Å²) in [5.41, 5.74) is 3.92. The first-order valence-corrected chi connectivity index (χ1v) is 7.25. The Bertz CT molecular complexity index is 396. The summed E-state index contributed by atoms with van der Waals surface area (Å²) in [4.78, 5) is 2.15. The molecule has 106 valence electrons. The monoisotopic (exact) mass is 260 g/mol. The van der Waals surface area contributed by atoms with Crippen LogP contribution in [0.25, 0.3) is 0 Å². The van der Waals surface area contributed by atoms with Gasteiger partial charge in [-0.25, -0.2) is 0 Å². The minimum atomic E-state index is 0.382. The molecule has 0 aliphatic carbocycles. The van der Waals surface area contributed by atoms with E-state index in [-0.39, 0.29) is 0 Å². The third-order valence-electron chi connectivity index (χ3n) is 3.42. The fourth-order valence-corrected chi connectivity index (χ4v) is 2.08. The van der Waals surface area contributed by atoms with Crippen LogP contribution in [0.2, 0.25) is 0 Å². The van der Waals surface area contributed by atoms with Gasteiger partial charge in [-0.15, -0.1) is 0 Å². The highest BCUT2D eigenvalue weighted by atomic mass is 15.1. The van der Waals surface area contributed by atoms with Gasteiger partial charge in [0.25, 0.3) is 0 Å². The summed E-state index contributed by atoms with van der Waals surface area (Å²) in [5, 5.41) is 3.64. The molecule has 0 amide bonds. The van der Waals surface area contributed by atoms with Gasteiger partial charge in [0.1, 0.15) is 0 Å². The van der Waals surface area contributed by atoms with Crippen LogP contribution in [0.5, 0.6) is 0 Å². The minimum absolute atomic E-state index is 0.382. The van der Waals surface area contributed by atoms with Gasteiger partial charge in [0.2, 0.25) is 0 Å². The summed E-state index contributed by atoms with van der Waals surface area (Å²) in [5.74, 6) is 0.